The van der Waals surface area contributed by atoms with Crippen LogP contribution in [0.5, 0.6) is 5.75 Å². The molecular formula is C20H19F6N3O4S. The molecule has 2 N–H and O–H groups in total. The first-order valence-electron chi connectivity index (χ1n) is 9.79. The molecule has 1 amide bonds. The molecule has 0 spiro atoms. The number of ether oxygens (including phenoxy) is 1. The van der Waals surface area contributed by atoms with Crippen LogP contribution in [0, 0.1) is 0 Å². The highest BCUT2D eigenvalue weighted by Gasteiger charge is 2.38. The van der Waals surface area contributed by atoms with Crippen LogP contribution in [0.25, 0.3) is 0 Å². The average molecular weight is 511 g/mol. The van der Waals surface area contributed by atoms with E-state index in [1.807, 2.05) is 0 Å². The Labute approximate surface area is 190 Å². The van der Waals surface area contributed by atoms with Gasteiger partial charge in [-0.05, 0) is 42.0 Å². The van der Waals surface area contributed by atoms with Gasteiger partial charge >= 0.3 is 12.5 Å². The molecule has 0 radical (unpaired) electrons. The average Bonchev–Trinajstić information content (AvgIpc) is 2.77. The number of nitrogens with one attached hydrogen (secondary N) is 2. The van der Waals surface area contributed by atoms with E-state index in [-0.39, 0.29) is 31.1 Å². The van der Waals surface area contributed by atoms with Crippen LogP contribution in [0.4, 0.5) is 26.3 Å². The standard InChI is InChI=1S/C20H19F6N3O4S/c21-19(22,23)14-3-7-16(8-4-14)34(31,32)29-10-9-27-12-17(29)18(30)28-11-13-1-5-15(6-2-13)33-20(24,25)26/h1-8,17,27H,9-12H2,(H,28,30). The van der Waals surface area contributed by atoms with E-state index in [9.17, 15) is 39.6 Å². The van der Waals surface area contributed by atoms with Gasteiger partial charge in [-0.2, -0.15) is 17.5 Å². The van der Waals surface area contributed by atoms with Crippen molar-refractivity contribution in [2.75, 3.05) is 19.6 Å². The first-order valence-corrected chi connectivity index (χ1v) is 11.2. The molecule has 1 unspecified atom stereocenters. The van der Waals surface area contributed by atoms with Gasteiger partial charge in [-0.25, -0.2) is 8.42 Å². The second-order valence-electron chi connectivity index (χ2n) is 7.27. The van der Waals surface area contributed by atoms with Crippen molar-refractivity contribution in [3.05, 3.63) is 59.7 Å². The number of alkyl halides is 6. The van der Waals surface area contributed by atoms with E-state index in [1.165, 1.54) is 12.1 Å². The molecule has 1 heterocycles. The zero-order valence-electron chi connectivity index (χ0n) is 17.3. The molecule has 1 saturated heterocycles. The summed E-state index contributed by atoms with van der Waals surface area (Å²) in [5, 5.41) is 5.41. The van der Waals surface area contributed by atoms with Gasteiger partial charge in [0.1, 0.15) is 11.8 Å². The summed E-state index contributed by atoms with van der Waals surface area (Å²) in [6, 6.07) is 6.52. The van der Waals surface area contributed by atoms with Gasteiger partial charge in [0.25, 0.3) is 0 Å². The molecule has 0 saturated carbocycles. The third-order valence-electron chi connectivity index (χ3n) is 4.91. The normalized spacial score (nSPS) is 17.9. The Kier molecular flexibility index (Phi) is 7.43. The topological polar surface area (TPSA) is 87.7 Å². The molecule has 1 aliphatic heterocycles. The summed E-state index contributed by atoms with van der Waals surface area (Å²) < 4.78 is 106. The van der Waals surface area contributed by atoms with Gasteiger partial charge in [0.15, 0.2) is 0 Å². The summed E-state index contributed by atoms with van der Waals surface area (Å²) in [4.78, 5) is 12.3. The van der Waals surface area contributed by atoms with Crippen molar-refractivity contribution in [2.45, 2.75) is 30.0 Å². The van der Waals surface area contributed by atoms with Crippen LogP contribution in [0.2, 0.25) is 0 Å². The Hall–Kier alpha value is -2.84. The molecule has 3 rings (SSSR count). The number of carbonyl (C=O) groups excluding carboxylic acids is 1. The minimum absolute atomic E-state index is 0.0376. The summed E-state index contributed by atoms with van der Waals surface area (Å²) >= 11 is 0. The van der Waals surface area contributed by atoms with Crippen LogP contribution in [0.3, 0.4) is 0 Å². The smallest absolute Gasteiger partial charge is 0.406 e. The zero-order valence-corrected chi connectivity index (χ0v) is 18.1. The maximum absolute atomic E-state index is 13.0. The summed E-state index contributed by atoms with van der Waals surface area (Å²) in [5.74, 6) is -1.12. The Morgan fingerprint density at radius 3 is 2.21 bits per heavy atom. The number of hydrogen-bond donors (Lipinski definition) is 2. The lowest BCUT2D eigenvalue weighted by Gasteiger charge is -2.34. The monoisotopic (exact) mass is 511 g/mol. The van der Waals surface area contributed by atoms with Crippen LogP contribution in [-0.2, 0) is 27.5 Å². The molecule has 0 aromatic heterocycles. The van der Waals surface area contributed by atoms with Crippen molar-refractivity contribution in [1.29, 1.82) is 0 Å². The van der Waals surface area contributed by atoms with E-state index in [0.717, 1.165) is 28.6 Å². The fourth-order valence-electron chi connectivity index (χ4n) is 3.26. The number of hydrogen-bond acceptors (Lipinski definition) is 5. The number of benzene rings is 2. The zero-order chi connectivity index (χ0) is 25.1. The quantitative estimate of drug-likeness (QED) is 0.583. The van der Waals surface area contributed by atoms with E-state index in [4.69, 9.17) is 0 Å². The molecule has 7 nitrogen and oxygen atoms in total. The molecule has 0 bridgehead atoms. The molecule has 14 heteroatoms. The lowest BCUT2D eigenvalue weighted by molar-refractivity contribution is -0.274. The number of piperazine rings is 1. The van der Waals surface area contributed by atoms with Crippen molar-refractivity contribution in [2.24, 2.45) is 0 Å². The lowest BCUT2D eigenvalue weighted by atomic mass is 10.2. The van der Waals surface area contributed by atoms with Gasteiger partial charge in [0.2, 0.25) is 15.9 Å². The van der Waals surface area contributed by atoms with Gasteiger partial charge < -0.3 is 15.4 Å². The van der Waals surface area contributed by atoms with Crippen LogP contribution >= 0.6 is 0 Å². The summed E-state index contributed by atoms with van der Waals surface area (Å²) in [6.45, 7) is -0.00487. The number of nitrogens with zero attached hydrogens (tertiary/aromatic N) is 1. The largest absolute Gasteiger partial charge is 0.573 e. The van der Waals surface area contributed by atoms with Crippen molar-refractivity contribution >= 4 is 15.9 Å². The number of rotatable bonds is 6. The minimum atomic E-state index is -4.84. The van der Waals surface area contributed by atoms with E-state index < -0.39 is 45.8 Å². The SMILES string of the molecule is O=C(NCc1ccc(OC(F)(F)F)cc1)C1CNCCN1S(=O)(=O)c1ccc(C(F)(F)F)cc1. The third kappa shape index (κ3) is 6.39. The number of sulfonamides is 1. The van der Waals surface area contributed by atoms with Crippen molar-refractivity contribution in [3.63, 3.8) is 0 Å². The van der Waals surface area contributed by atoms with E-state index >= 15 is 0 Å². The fraction of sp³-hybridized carbons (Fsp3) is 0.350. The molecule has 34 heavy (non-hydrogen) atoms. The summed E-state index contributed by atoms with van der Waals surface area (Å²) in [7, 11) is -4.28. The lowest BCUT2D eigenvalue weighted by Crippen LogP contribution is -2.59. The first-order chi connectivity index (χ1) is 15.8. The van der Waals surface area contributed by atoms with Crippen LogP contribution in [0.1, 0.15) is 11.1 Å². The highest BCUT2D eigenvalue weighted by atomic mass is 32.2. The molecule has 0 aliphatic carbocycles. The van der Waals surface area contributed by atoms with Crippen molar-refractivity contribution < 1.29 is 44.3 Å². The highest BCUT2D eigenvalue weighted by molar-refractivity contribution is 7.89. The van der Waals surface area contributed by atoms with Crippen LogP contribution < -0.4 is 15.4 Å². The van der Waals surface area contributed by atoms with Gasteiger partial charge in [-0.3, -0.25) is 4.79 Å². The second-order valence-corrected chi connectivity index (χ2v) is 9.16. The molecule has 186 valence electrons. The summed E-state index contributed by atoms with van der Waals surface area (Å²) in [6.07, 6.45) is -9.47. The molecule has 1 aliphatic rings. The van der Waals surface area contributed by atoms with E-state index in [2.05, 4.69) is 15.4 Å². The van der Waals surface area contributed by atoms with E-state index in [0.29, 0.717) is 17.7 Å². The van der Waals surface area contributed by atoms with Gasteiger partial charge in [-0.1, -0.05) is 12.1 Å². The Bertz CT molecular complexity index is 1100. The third-order valence-corrected chi connectivity index (χ3v) is 6.83. The van der Waals surface area contributed by atoms with Crippen molar-refractivity contribution in [3.8, 4) is 5.75 Å². The molecule has 1 fully saturated rings. The van der Waals surface area contributed by atoms with E-state index in [1.54, 1.807) is 0 Å². The molecule has 1 atom stereocenters. The second kappa shape index (κ2) is 9.80. The van der Waals surface area contributed by atoms with Gasteiger partial charge in [0.05, 0.1) is 10.5 Å². The molecule has 2 aromatic carbocycles. The molecular weight excluding hydrogens is 492 g/mol. The maximum Gasteiger partial charge on any atom is 0.573 e. The summed E-state index contributed by atoms with van der Waals surface area (Å²) in [5.41, 5.74) is -0.573. The van der Waals surface area contributed by atoms with Crippen LogP contribution in [0.15, 0.2) is 53.4 Å². The minimum Gasteiger partial charge on any atom is -0.406 e. The van der Waals surface area contributed by atoms with Gasteiger partial charge in [0, 0.05) is 26.2 Å². The maximum atomic E-state index is 13.0. The number of amides is 1. The molecule has 2 aromatic rings. The van der Waals surface area contributed by atoms with Crippen molar-refractivity contribution in [1.82, 2.24) is 14.9 Å². The predicted molar refractivity (Wildman–Crippen MR) is 107 cm³/mol. The van der Waals surface area contributed by atoms with Crippen LogP contribution in [-0.4, -0.2) is 50.7 Å². The predicted octanol–water partition coefficient (Wildman–Crippen LogP) is 2.88. The highest BCUT2D eigenvalue weighted by Crippen LogP contribution is 2.30. The van der Waals surface area contributed by atoms with Gasteiger partial charge in [-0.15, -0.1) is 13.2 Å². The fourth-order valence-corrected chi connectivity index (χ4v) is 4.85. The first kappa shape index (κ1) is 25.8. The Balaban J connectivity index is 1.69. The number of halogens is 6. The number of carbonyl (C=O) groups is 1. The Morgan fingerprint density at radius 2 is 1.65 bits per heavy atom. The Morgan fingerprint density at radius 1 is 1.03 bits per heavy atom.